The van der Waals surface area contributed by atoms with E-state index in [9.17, 15) is 4.79 Å². The third kappa shape index (κ3) is 4.76. The summed E-state index contributed by atoms with van der Waals surface area (Å²) in [6.07, 6.45) is 0. The Morgan fingerprint density at radius 3 is 2.74 bits per heavy atom. The first-order valence-corrected chi connectivity index (χ1v) is 7.24. The molecule has 1 atom stereocenters. The zero-order chi connectivity index (χ0) is 14.3. The minimum absolute atomic E-state index is 0.143. The summed E-state index contributed by atoms with van der Waals surface area (Å²) in [5, 5.41) is 3.26. The van der Waals surface area contributed by atoms with Gasteiger partial charge in [-0.2, -0.15) is 0 Å². The molecule has 1 aromatic rings. The summed E-state index contributed by atoms with van der Waals surface area (Å²) in [6.45, 7) is 2.05. The molecule has 0 aliphatic carbocycles. The summed E-state index contributed by atoms with van der Waals surface area (Å²) in [6, 6.07) is 6.25. The van der Waals surface area contributed by atoms with Crippen molar-refractivity contribution in [1.29, 1.82) is 0 Å². The minimum Gasteiger partial charge on any atom is -0.496 e. The van der Waals surface area contributed by atoms with Crippen LogP contribution >= 0.6 is 11.8 Å². The zero-order valence-corrected chi connectivity index (χ0v) is 12.7. The molecular weight excluding hydrogens is 262 g/mol. The average Bonchev–Trinajstić information content (AvgIpc) is 2.43. The molecule has 0 saturated carbocycles. The smallest absolute Gasteiger partial charge is 0.315 e. The lowest BCUT2D eigenvalue weighted by atomic mass is 10.0. The molecule has 0 amide bonds. The van der Waals surface area contributed by atoms with Crippen LogP contribution in [0.1, 0.15) is 17.2 Å². The van der Waals surface area contributed by atoms with Gasteiger partial charge in [0.25, 0.3) is 0 Å². The van der Waals surface area contributed by atoms with Crippen LogP contribution in [0.25, 0.3) is 0 Å². The Balaban J connectivity index is 2.73. The first kappa shape index (κ1) is 15.9. The van der Waals surface area contributed by atoms with Crippen molar-refractivity contribution in [2.75, 3.05) is 32.8 Å². The van der Waals surface area contributed by atoms with Crippen LogP contribution in [0.2, 0.25) is 0 Å². The number of methoxy groups -OCH3 is 2. The summed E-state index contributed by atoms with van der Waals surface area (Å²) in [7, 11) is 4.98. The van der Waals surface area contributed by atoms with Crippen LogP contribution in [-0.2, 0) is 9.53 Å². The van der Waals surface area contributed by atoms with Gasteiger partial charge in [-0.1, -0.05) is 17.7 Å². The Morgan fingerprint density at radius 2 is 2.16 bits per heavy atom. The van der Waals surface area contributed by atoms with Crippen LogP contribution in [0.5, 0.6) is 5.75 Å². The van der Waals surface area contributed by atoms with Crippen molar-refractivity contribution >= 4 is 17.7 Å². The Kier molecular flexibility index (Phi) is 6.73. The molecule has 0 bridgehead atoms. The molecule has 106 valence electrons. The normalized spacial score (nSPS) is 12.0. The van der Waals surface area contributed by atoms with Crippen LogP contribution in [0, 0.1) is 6.92 Å². The molecule has 1 aromatic carbocycles. The highest BCUT2D eigenvalue weighted by Gasteiger charge is 2.15. The standard InChI is InChI=1S/C14H21NO3S/c1-10-5-6-13(17-3)11(7-10)12(15-2)8-19-9-14(16)18-4/h5-7,12,15H,8-9H2,1-4H3. The van der Waals surface area contributed by atoms with Gasteiger partial charge in [-0.25, -0.2) is 0 Å². The van der Waals surface area contributed by atoms with E-state index in [2.05, 4.69) is 23.0 Å². The predicted molar refractivity (Wildman–Crippen MR) is 78.9 cm³/mol. The second-order valence-electron chi connectivity index (χ2n) is 4.18. The molecule has 5 heteroatoms. The fourth-order valence-electron chi connectivity index (χ4n) is 1.77. The molecule has 0 radical (unpaired) electrons. The maximum Gasteiger partial charge on any atom is 0.315 e. The number of carbonyl (C=O) groups is 1. The van der Waals surface area contributed by atoms with Gasteiger partial charge < -0.3 is 14.8 Å². The molecule has 0 spiro atoms. The van der Waals surface area contributed by atoms with Gasteiger partial charge in [0.1, 0.15) is 5.75 Å². The molecule has 0 aliphatic heterocycles. The first-order valence-electron chi connectivity index (χ1n) is 6.08. The third-order valence-corrected chi connectivity index (χ3v) is 3.85. The maximum atomic E-state index is 11.1. The SMILES string of the molecule is CNC(CSCC(=O)OC)c1cc(C)ccc1OC. The number of carbonyl (C=O) groups excluding carboxylic acids is 1. The minimum atomic E-state index is -0.198. The lowest BCUT2D eigenvalue weighted by Gasteiger charge is -2.19. The lowest BCUT2D eigenvalue weighted by molar-refractivity contribution is -0.137. The highest BCUT2D eigenvalue weighted by Crippen LogP contribution is 2.28. The molecule has 4 nitrogen and oxygen atoms in total. The van der Waals surface area contributed by atoms with E-state index in [-0.39, 0.29) is 12.0 Å². The molecule has 1 rings (SSSR count). The number of rotatable bonds is 7. The molecule has 0 aromatic heterocycles. The van der Waals surface area contributed by atoms with E-state index >= 15 is 0 Å². The Labute approximate surface area is 118 Å². The van der Waals surface area contributed by atoms with Crippen molar-refractivity contribution in [3.63, 3.8) is 0 Å². The highest BCUT2D eigenvalue weighted by molar-refractivity contribution is 7.99. The van der Waals surface area contributed by atoms with Gasteiger partial charge in [0.15, 0.2) is 0 Å². The zero-order valence-electron chi connectivity index (χ0n) is 11.9. The van der Waals surface area contributed by atoms with Crippen LogP contribution in [0.15, 0.2) is 18.2 Å². The number of benzene rings is 1. The van der Waals surface area contributed by atoms with Crippen molar-refractivity contribution in [3.8, 4) is 5.75 Å². The lowest BCUT2D eigenvalue weighted by Crippen LogP contribution is -2.20. The third-order valence-electron chi connectivity index (χ3n) is 2.84. The Morgan fingerprint density at radius 1 is 1.42 bits per heavy atom. The second-order valence-corrected chi connectivity index (χ2v) is 5.21. The molecule has 19 heavy (non-hydrogen) atoms. The topological polar surface area (TPSA) is 47.6 Å². The van der Waals surface area contributed by atoms with E-state index in [0.29, 0.717) is 5.75 Å². The summed E-state index contributed by atoms with van der Waals surface area (Å²) < 4.78 is 10.0. The highest BCUT2D eigenvalue weighted by atomic mass is 32.2. The van der Waals surface area contributed by atoms with Gasteiger partial charge in [0, 0.05) is 17.4 Å². The summed E-state index contributed by atoms with van der Waals surface area (Å²) in [4.78, 5) is 11.1. The van der Waals surface area contributed by atoms with Gasteiger partial charge in [-0.3, -0.25) is 4.79 Å². The van der Waals surface area contributed by atoms with Crippen LogP contribution < -0.4 is 10.1 Å². The number of hydrogen-bond acceptors (Lipinski definition) is 5. The van der Waals surface area contributed by atoms with E-state index in [0.717, 1.165) is 17.1 Å². The van der Waals surface area contributed by atoms with Crippen LogP contribution in [-0.4, -0.2) is 38.7 Å². The number of nitrogens with one attached hydrogen (secondary N) is 1. The van der Waals surface area contributed by atoms with E-state index in [4.69, 9.17) is 4.74 Å². The van der Waals surface area contributed by atoms with E-state index in [1.54, 1.807) is 18.9 Å². The molecular formula is C14H21NO3S. The van der Waals surface area contributed by atoms with Crippen molar-refractivity contribution < 1.29 is 14.3 Å². The van der Waals surface area contributed by atoms with Crippen LogP contribution in [0.4, 0.5) is 0 Å². The number of ether oxygens (including phenoxy) is 2. The molecule has 0 fully saturated rings. The molecule has 0 aliphatic rings. The largest absolute Gasteiger partial charge is 0.496 e. The molecule has 0 heterocycles. The quantitative estimate of drug-likeness (QED) is 0.777. The van der Waals surface area contributed by atoms with E-state index < -0.39 is 0 Å². The summed E-state index contributed by atoms with van der Waals surface area (Å²) in [5.74, 6) is 1.81. The van der Waals surface area contributed by atoms with Crippen LogP contribution in [0.3, 0.4) is 0 Å². The molecule has 1 unspecified atom stereocenters. The number of thioether (sulfide) groups is 1. The molecule has 1 N–H and O–H groups in total. The van der Waals surface area contributed by atoms with Crippen molar-refractivity contribution in [3.05, 3.63) is 29.3 Å². The van der Waals surface area contributed by atoms with Crippen molar-refractivity contribution in [2.45, 2.75) is 13.0 Å². The van der Waals surface area contributed by atoms with Gasteiger partial charge >= 0.3 is 5.97 Å². The van der Waals surface area contributed by atoms with E-state index in [1.165, 1.54) is 12.7 Å². The van der Waals surface area contributed by atoms with Gasteiger partial charge in [-0.05, 0) is 20.0 Å². The van der Waals surface area contributed by atoms with Gasteiger partial charge in [0.2, 0.25) is 0 Å². The Hall–Kier alpha value is -1.20. The van der Waals surface area contributed by atoms with Crippen molar-refractivity contribution in [1.82, 2.24) is 5.32 Å². The fraction of sp³-hybridized carbons (Fsp3) is 0.500. The monoisotopic (exact) mass is 283 g/mol. The van der Waals surface area contributed by atoms with Crippen molar-refractivity contribution in [2.24, 2.45) is 0 Å². The van der Waals surface area contributed by atoms with Gasteiger partial charge in [-0.15, -0.1) is 11.8 Å². The average molecular weight is 283 g/mol. The maximum absolute atomic E-state index is 11.1. The summed E-state index contributed by atoms with van der Waals surface area (Å²) >= 11 is 1.55. The predicted octanol–water partition coefficient (Wildman–Crippen LogP) is 2.17. The summed E-state index contributed by atoms with van der Waals surface area (Å²) in [5.41, 5.74) is 2.30. The number of esters is 1. The van der Waals surface area contributed by atoms with Gasteiger partial charge in [0.05, 0.1) is 20.0 Å². The fourth-order valence-corrected chi connectivity index (χ4v) is 2.76. The number of aryl methyl sites for hydroxylation is 1. The second kappa shape index (κ2) is 8.07. The van der Waals surface area contributed by atoms with E-state index in [1.807, 2.05) is 19.2 Å². The first-order chi connectivity index (χ1) is 9.12. The number of hydrogen-bond donors (Lipinski definition) is 1. The Bertz CT molecular complexity index is 423. The molecule has 0 saturated heterocycles.